The lowest BCUT2D eigenvalue weighted by atomic mass is 10.1. The molecule has 0 saturated heterocycles. The molecular formula is C21H27N3O4S. The van der Waals surface area contributed by atoms with Gasteiger partial charge in [0.15, 0.2) is 0 Å². The maximum atomic E-state index is 13.2. The van der Waals surface area contributed by atoms with Gasteiger partial charge in [-0.05, 0) is 31.0 Å². The van der Waals surface area contributed by atoms with E-state index in [1.807, 2.05) is 30.3 Å². The zero-order valence-electron chi connectivity index (χ0n) is 17.1. The van der Waals surface area contributed by atoms with Crippen LogP contribution in [0.1, 0.15) is 18.1 Å². The number of amides is 2. The SMILES string of the molecule is CNC(=O)C(C)N(Cc1ccccc1)C(=O)CN(c1ccccc1C)S(C)(=O)=O. The van der Waals surface area contributed by atoms with Crippen LogP contribution >= 0.6 is 0 Å². The van der Waals surface area contributed by atoms with E-state index >= 15 is 0 Å². The Balaban J connectivity index is 2.37. The van der Waals surface area contributed by atoms with Gasteiger partial charge in [-0.1, -0.05) is 48.5 Å². The Kier molecular flexibility index (Phi) is 7.39. The summed E-state index contributed by atoms with van der Waals surface area (Å²) in [5.74, 6) is -0.783. The minimum absolute atomic E-state index is 0.194. The maximum absolute atomic E-state index is 13.2. The number of carbonyl (C=O) groups excluding carboxylic acids is 2. The molecule has 7 nitrogen and oxygen atoms in total. The summed E-state index contributed by atoms with van der Waals surface area (Å²) in [6.45, 7) is 3.21. The van der Waals surface area contributed by atoms with Crippen LogP contribution in [-0.4, -0.2) is 51.0 Å². The van der Waals surface area contributed by atoms with Crippen LogP contribution in [0.2, 0.25) is 0 Å². The van der Waals surface area contributed by atoms with Crippen molar-refractivity contribution in [3.63, 3.8) is 0 Å². The van der Waals surface area contributed by atoms with Crippen molar-refractivity contribution in [2.24, 2.45) is 0 Å². The van der Waals surface area contributed by atoms with Gasteiger partial charge in [0.1, 0.15) is 12.6 Å². The molecule has 1 atom stereocenters. The first-order valence-electron chi connectivity index (χ1n) is 9.23. The van der Waals surface area contributed by atoms with Crippen molar-refractivity contribution in [2.75, 3.05) is 24.2 Å². The standard InChI is InChI=1S/C21H27N3O4S/c1-16-10-8-9-13-19(16)24(29(4,27)28)15-20(25)23(17(2)21(26)22-3)14-18-11-6-5-7-12-18/h5-13,17H,14-15H2,1-4H3,(H,22,26). The van der Waals surface area contributed by atoms with Gasteiger partial charge < -0.3 is 10.2 Å². The van der Waals surface area contributed by atoms with Crippen LogP contribution < -0.4 is 9.62 Å². The molecule has 2 aromatic carbocycles. The molecule has 0 aliphatic heterocycles. The lowest BCUT2D eigenvalue weighted by Crippen LogP contribution is -2.50. The van der Waals surface area contributed by atoms with Gasteiger partial charge in [-0.3, -0.25) is 13.9 Å². The molecular weight excluding hydrogens is 390 g/mol. The average molecular weight is 418 g/mol. The number of para-hydroxylation sites is 1. The Labute approximate surface area is 172 Å². The van der Waals surface area contributed by atoms with Crippen molar-refractivity contribution in [3.8, 4) is 0 Å². The van der Waals surface area contributed by atoms with E-state index in [-0.39, 0.29) is 12.5 Å². The predicted molar refractivity (Wildman–Crippen MR) is 114 cm³/mol. The molecule has 1 unspecified atom stereocenters. The smallest absolute Gasteiger partial charge is 0.244 e. The third kappa shape index (κ3) is 5.80. The van der Waals surface area contributed by atoms with Gasteiger partial charge in [0.05, 0.1) is 11.9 Å². The second kappa shape index (κ2) is 9.56. The lowest BCUT2D eigenvalue weighted by molar-refractivity contribution is -0.139. The maximum Gasteiger partial charge on any atom is 0.244 e. The molecule has 0 spiro atoms. The van der Waals surface area contributed by atoms with E-state index in [0.29, 0.717) is 5.69 Å². The van der Waals surface area contributed by atoms with E-state index in [1.54, 1.807) is 38.1 Å². The molecule has 2 amide bonds. The predicted octanol–water partition coefficient (Wildman–Crippen LogP) is 1.92. The Bertz CT molecular complexity index is 961. The summed E-state index contributed by atoms with van der Waals surface area (Å²) in [4.78, 5) is 26.8. The first-order valence-corrected chi connectivity index (χ1v) is 11.1. The highest BCUT2D eigenvalue weighted by Crippen LogP contribution is 2.22. The summed E-state index contributed by atoms with van der Waals surface area (Å²) in [5.41, 5.74) is 2.02. The van der Waals surface area contributed by atoms with Crippen LogP contribution in [-0.2, 0) is 26.2 Å². The minimum Gasteiger partial charge on any atom is -0.357 e. The van der Waals surface area contributed by atoms with Gasteiger partial charge >= 0.3 is 0 Å². The molecule has 2 rings (SSSR count). The fraction of sp³-hybridized carbons (Fsp3) is 0.333. The molecule has 29 heavy (non-hydrogen) atoms. The molecule has 156 valence electrons. The van der Waals surface area contributed by atoms with Crippen LogP contribution in [0.25, 0.3) is 0 Å². The van der Waals surface area contributed by atoms with Crippen LogP contribution in [0.5, 0.6) is 0 Å². The van der Waals surface area contributed by atoms with Crippen molar-refractivity contribution in [1.29, 1.82) is 0 Å². The van der Waals surface area contributed by atoms with Gasteiger partial charge in [-0.25, -0.2) is 8.42 Å². The third-order valence-corrected chi connectivity index (χ3v) is 5.80. The van der Waals surface area contributed by atoms with E-state index in [1.165, 1.54) is 11.9 Å². The molecule has 0 aliphatic carbocycles. The zero-order valence-corrected chi connectivity index (χ0v) is 17.9. The Morgan fingerprint density at radius 3 is 2.17 bits per heavy atom. The van der Waals surface area contributed by atoms with Gasteiger partial charge in [0.2, 0.25) is 21.8 Å². The lowest BCUT2D eigenvalue weighted by Gasteiger charge is -2.31. The average Bonchev–Trinajstić information content (AvgIpc) is 2.69. The normalized spacial score (nSPS) is 12.1. The number of likely N-dealkylation sites (N-methyl/N-ethyl adjacent to an activating group) is 1. The van der Waals surface area contributed by atoms with E-state index < -0.39 is 28.5 Å². The van der Waals surface area contributed by atoms with Crippen LogP contribution in [0.4, 0.5) is 5.69 Å². The van der Waals surface area contributed by atoms with Crippen LogP contribution in [0, 0.1) is 6.92 Å². The quantitative estimate of drug-likeness (QED) is 0.711. The summed E-state index contributed by atoms with van der Waals surface area (Å²) in [7, 11) is -2.21. The summed E-state index contributed by atoms with van der Waals surface area (Å²) in [6, 6.07) is 15.5. The van der Waals surface area contributed by atoms with Gasteiger partial charge in [-0.15, -0.1) is 0 Å². The van der Waals surface area contributed by atoms with Crippen molar-refractivity contribution < 1.29 is 18.0 Å². The van der Waals surface area contributed by atoms with E-state index in [4.69, 9.17) is 0 Å². The number of rotatable bonds is 8. The molecule has 0 bridgehead atoms. The molecule has 2 aromatic rings. The first-order chi connectivity index (χ1) is 13.6. The van der Waals surface area contributed by atoms with Crippen molar-refractivity contribution in [3.05, 3.63) is 65.7 Å². The number of anilines is 1. The monoisotopic (exact) mass is 417 g/mol. The highest BCUT2D eigenvalue weighted by molar-refractivity contribution is 7.92. The number of carbonyl (C=O) groups is 2. The number of hydrogen-bond donors (Lipinski definition) is 1. The number of sulfonamides is 1. The summed E-state index contributed by atoms with van der Waals surface area (Å²) in [6.07, 6.45) is 1.07. The number of aryl methyl sites for hydroxylation is 1. The van der Waals surface area contributed by atoms with Gasteiger partial charge in [0.25, 0.3) is 0 Å². The van der Waals surface area contributed by atoms with Crippen LogP contribution in [0.3, 0.4) is 0 Å². The second-order valence-corrected chi connectivity index (χ2v) is 8.76. The second-order valence-electron chi connectivity index (χ2n) is 6.85. The van der Waals surface area contributed by atoms with Crippen LogP contribution in [0.15, 0.2) is 54.6 Å². The number of benzene rings is 2. The summed E-state index contributed by atoms with van der Waals surface area (Å²) < 4.78 is 26.0. The molecule has 8 heteroatoms. The Morgan fingerprint density at radius 2 is 1.62 bits per heavy atom. The third-order valence-electron chi connectivity index (χ3n) is 4.67. The molecule has 0 radical (unpaired) electrons. The Morgan fingerprint density at radius 1 is 1.03 bits per heavy atom. The van der Waals surface area contributed by atoms with Gasteiger partial charge in [0, 0.05) is 13.6 Å². The molecule has 0 heterocycles. The van der Waals surface area contributed by atoms with E-state index in [0.717, 1.165) is 21.7 Å². The molecule has 0 saturated carbocycles. The molecule has 0 aromatic heterocycles. The summed E-state index contributed by atoms with van der Waals surface area (Å²) in [5, 5.41) is 2.55. The fourth-order valence-electron chi connectivity index (χ4n) is 3.01. The molecule has 1 N–H and O–H groups in total. The molecule has 0 aliphatic rings. The first kappa shape index (κ1) is 22.4. The Hall–Kier alpha value is -2.87. The van der Waals surface area contributed by atoms with Gasteiger partial charge in [-0.2, -0.15) is 0 Å². The topological polar surface area (TPSA) is 86.8 Å². The van der Waals surface area contributed by atoms with E-state index in [9.17, 15) is 18.0 Å². The number of hydrogen-bond acceptors (Lipinski definition) is 4. The van der Waals surface area contributed by atoms with Crippen molar-refractivity contribution in [2.45, 2.75) is 26.4 Å². The fourth-order valence-corrected chi connectivity index (χ4v) is 3.92. The van der Waals surface area contributed by atoms with Crippen molar-refractivity contribution in [1.82, 2.24) is 10.2 Å². The largest absolute Gasteiger partial charge is 0.357 e. The number of nitrogens with zero attached hydrogens (tertiary/aromatic N) is 2. The molecule has 0 fully saturated rings. The minimum atomic E-state index is -3.71. The number of nitrogens with one attached hydrogen (secondary N) is 1. The summed E-state index contributed by atoms with van der Waals surface area (Å²) >= 11 is 0. The van der Waals surface area contributed by atoms with Crippen molar-refractivity contribution >= 4 is 27.5 Å². The zero-order chi connectivity index (χ0) is 21.6. The van der Waals surface area contributed by atoms with E-state index in [2.05, 4.69) is 5.32 Å². The highest BCUT2D eigenvalue weighted by atomic mass is 32.2. The highest BCUT2D eigenvalue weighted by Gasteiger charge is 2.30.